The van der Waals surface area contributed by atoms with Gasteiger partial charge < -0.3 is 10.6 Å². The average molecular weight is 444 g/mol. The first-order valence-electron chi connectivity index (χ1n) is 9.44. The molecule has 0 radical (unpaired) electrons. The molecule has 32 heavy (non-hydrogen) atoms. The Morgan fingerprint density at radius 2 is 1.72 bits per heavy atom. The maximum atomic E-state index is 13.1. The van der Waals surface area contributed by atoms with Gasteiger partial charge in [0, 0.05) is 30.1 Å². The van der Waals surface area contributed by atoms with E-state index in [1.165, 1.54) is 32.0 Å². The van der Waals surface area contributed by atoms with Crippen molar-refractivity contribution in [2.24, 2.45) is 0 Å². The van der Waals surface area contributed by atoms with E-state index in [2.05, 4.69) is 15.7 Å². The van der Waals surface area contributed by atoms with Crippen LogP contribution < -0.4 is 16.1 Å². The Labute approximate surface area is 180 Å². The number of aryl methyl sites for hydroxylation is 2. The van der Waals surface area contributed by atoms with Crippen molar-refractivity contribution in [3.8, 4) is 5.69 Å². The molecule has 1 aromatic heterocycles. The van der Waals surface area contributed by atoms with Crippen molar-refractivity contribution in [3.05, 3.63) is 81.3 Å². The molecule has 2 N–H and O–H groups in total. The first-order valence-corrected chi connectivity index (χ1v) is 9.44. The lowest BCUT2D eigenvalue weighted by atomic mass is 10.1. The monoisotopic (exact) mass is 444 g/mol. The molecule has 2 amide bonds. The fourth-order valence-electron chi connectivity index (χ4n) is 3.04. The minimum Gasteiger partial charge on any atom is -0.326 e. The lowest BCUT2D eigenvalue weighted by Gasteiger charge is -2.14. The van der Waals surface area contributed by atoms with Gasteiger partial charge in [-0.3, -0.25) is 14.4 Å². The zero-order valence-corrected chi connectivity index (χ0v) is 17.4. The molecule has 0 saturated carbocycles. The summed E-state index contributed by atoms with van der Waals surface area (Å²) in [5.74, 6) is -1.06. The average Bonchev–Trinajstić information content (AvgIpc) is 2.69. The Kier molecular flexibility index (Phi) is 6.15. The van der Waals surface area contributed by atoms with E-state index < -0.39 is 28.8 Å². The van der Waals surface area contributed by atoms with E-state index in [4.69, 9.17) is 0 Å². The van der Waals surface area contributed by atoms with Crippen LogP contribution in [0, 0.1) is 13.8 Å². The summed E-state index contributed by atoms with van der Waals surface area (Å²) in [6.07, 6.45) is -4.55. The SMILES string of the molecule is CC(=O)Nc1ccc(NC(=O)c2nn(-c3cccc(C(F)(F)F)c3)c(C)cc2=O)cc1C. The molecule has 0 spiro atoms. The number of nitrogens with zero attached hydrogens (tertiary/aromatic N) is 2. The topological polar surface area (TPSA) is 93.1 Å². The van der Waals surface area contributed by atoms with Gasteiger partial charge in [0.25, 0.3) is 5.91 Å². The van der Waals surface area contributed by atoms with E-state index in [1.54, 1.807) is 19.1 Å². The molecular formula is C22H19F3N4O3. The highest BCUT2D eigenvalue weighted by molar-refractivity contribution is 6.03. The number of benzene rings is 2. The van der Waals surface area contributed by atoms with Crippen LogP contribution in [0.4, 0.5) is 24.5 Å². The van der Waals surface area contributed by atoms with Crippen molar-refractivity contribution in [1.29, 1.82) is 0 Å². The van der Waals surface area contributed by atoms with Gasteiger partial charge in [-0.25, -0.2) is 4.68 Å². The van der Waals surface area contributed by atoms with Gasteiger partial charge in [0.1, 0.15) is 0 Å². The molecule has 2 aromatic carbocycles. The molecule has 1 heterocycles. The van der Waals surface area contributed by atoms with Gasteiger partial charge in [0.05, 0.1) is 11.3 Å². The summed E-state index contributed by atoms with van der Waals surface area (Å²) in [6.45, 7) is 4.60. The third-order valence-corrected chi connectivity index (χ3v) is 4.54. The minimum absolute atomic E-state index is 0.0573. The molecule has 166 valence electrons. The number of hydrogen-bond acceptors (Lipinski definition) is 4. The fourth-order valence-corrected chi connectivity index (χ4v) is 3.04. The van der Waals surface area contributed by atoms with Gasteiger partial charge in [0.15, 0.2) is 5.69 Å². The first kappa shape index (κ1) is 22.7. The highest BCUT2D eigenvalue weighted by atomic mass is 19.4. The Bertz CT molecular complexity index is 1270. The van der Waals surface area contributed by atoms with Crippen LogP contribution >= 0.6 is 0 Å². The molecular weight excluding hydrogens is 425 g/mol. The molecule has 0 atom stereocenters. The van der Waals surface area contributed by atoms with E-state index in [9.17, 15) is 27.6 Å². The molecule has 0 unspecified atom stereocenters. The second-order valence-electron chi connectivity index (χ2n) is 7.12. The lowest BCUT2D eigenvalue weighted by Crippen LogP contribution is -2.27. The van der Waals surface area contributed by atoms with Gasteiger partial charge in [-0.2, -0.15) is 18.3 Å². The lowest BCUT2D eigenvalue weighted by molar-refractivity contribution is -0.137. The van der Waals surface area contributed by atoms with Crippen LogP contribution in [0.15, 0.2) is 53.3 Å². The number of carbonyl (C=O) groups is 2. The van der Waals surface area contributed by atoms with Crippen LogP contribution in [0.2, 0.25) is 0 Å². The third-order valence-electron chi connectivity index (χ3n) is 4.54. The summed E-state index contributed by atoms with van der Waals surface area (Å²) < 4.78 is 40.3. The molecule has 7 nitrogen and oxygen atoms in total. The minimum atomic E-state index is -4.55. The second-order valence-corrected chi connectivity index (χ2v) is 7.12. The summed E-state index contributed by atoms with van der Waals surface area (Å²) in [5.41, 5.74) is -0.105. The van der Waals surface area contributed by atoms with Crippen LogP contribution in [0.5, 0.6) is 0 Å². The molecule has 3 rings (SSSR count). The van der Waals surface area contributed by atoms with Crippen LogP contribution in [0.3, 0.4) is 0 Å². The van der Waals surface area contributed by atoms with Gasteiger partial charge in [-0.1, -0.05) is 6.07 Å². The number of halogens is 3. The van der Waals surface area contributed by atoms with Crippen molar-refractivity contribution in [2.45, 2.75) is 26.9 Å². The van der Waals surface area contributed by atoms with Crippen molar-refractivity contribution < 1.29 is 22.8 Å². The van der Waals surface area contributed by atoms with Crippen molar-refractivity contribution in [2.75, 3.05) is 10.6 Å². The largest absolute Gasteiger partial charge is 0.416 e. The van der Waals surface area contributed by atoms with Crippen molar-refractivity contribution in [1.82, 2.24) is 9.78 Å². The number of carbonyl (C=O) groups excluding carboxylic acids is 2. The van der Waals surface area contributed by atoms with Crippen molar-refractivity contribution >= 4 is 23.2 Å². The quantitative estimate of drug-likeness (QED) is 0.634. The molecule has 0 aliphatic carbocycles. The van der Waals surface area contributed by atoms with E-state index in [0.29, 0.717) is 16.9 Å². The molecule has 0 aliphatic rings. The Morgan fingerprint density at radius 1 is 1.00 bits per heavy atom. The smallest absolute Gasteiger partial charge is 0.326 e. The Balaban J connectivity index is 1.94. The molecule has 10 heteroatoms. The highest BCUT2D eigenvalue weighted by Gasteiger charge is 2.30. The summed E-state index contributed by atoms with van der Waals surface area (Å²) in [4.78, 5) is 36.3. The summed E-state index contributed by atoms with van der Waals surface area (Å²) >= 11 is 0. The fraction of sp³-hybridized carbons (Fsp3) is 0.182. The summed E-state index contributed by atoms with van der Waals surface area (Å²) in [5, 5.41) is 9.20. The number of rotatable bonds is 4. The van der Waals surface area contributed by atoms with Crippen LogP contribution in [-0.2, 0) is 11.0 Å². The first-order chi connectivity index (χ1) is 15.0. The summed E-state index contributed by atoms with van der Waals surface area (Å²) in [7, 11) is 0. The maximum Gasteiger partial charge on any atom is 0.416 e. The number of aromatic nitrogens is 2. The number of nitrogens with one attached hydrogen (secondary N) is 2. The molecule has 3 aromatic rings. The molecule has 0 aliphatic heterocycles. The zero-order chi connectivity index (χ0) is 23.6. The van der Waals surface area contributed by atoms with E-state index in [-0.39, 0.29) is 17.3 Å². The Morgan fingerprint density at radius 3 is 2.34 bits per heavy atom. The predicted molar refractivity (Wildman–Crippen MR) is 113 cm³/mol. The van der Waals surface area contributed by atoms with E-state index in [1.807, 2.05) is 0 Å². The van der Waals surface area contributed by atoms with Crippen LogP contribution in [0.25, 0.3) is 5.69 Å². The Hall–Kier alpha value is -3.95. The highest BCUT2D eigenvalue weighted by Crippen LogP contribution is 2.30. The number of hydrogen-bond donors (Lipinski definition) is 2. The normalized spacial score (nSPS) is 11.2. The zero-order valence-electron chi connectivity index (χ0n) is 17.4. The molecule has 0 bridgehead atoms. The van der Waals surface area contributed by atoms with Crippen LogP contribution in [-0.4, -0.2) is 21.6 Å². The standard InChI is InChI=1S/C22H19F3N4O3/c1-12-9-16(7-8-18(12)26-14(3)30)27-21(32)20-19(31)10-13(2)29(28-20)17-6-4-5-15(11-17)22(23,24)25/h4-11H,1-3H3,(H,26,30)(H,27,32). The number of amides is 2. The molecule has 0 saturated heterocycles. The van der Waals surface area contributed by atoms with Crippen molar-refractivity contribution in [3.63, 3.8) is 0 Å². The maximum absolute atomic E-state index is 13.1. The van der Waals surface area contributed by atoms with Crippen LogP contribution in [0.1, 0.15) is 34.2 Å². The predicted octanol–water partition coefficient (Wildman–Crippen LogP) is 4.08. The van der Waals surface area contributed by atoms with Gasteiger partial charge in [-0.15, -0.1) is 0 Å². The van der Waals surface area contributed by atoms with E-state index >= 15 is 0 Å². The van der Waals surface area contributed by atoms with Gasteiger partial charge in [-0.05, 0) is 55.8 Å². The van der Waals surface area contributed by atoms with Gasteiger partial charge in [0.2, 0.25) is 11.3 Å². The number of alkyl halides is 3. The second kappa shape index (κ2) is 8.66. The number of anilines is 2. The van der Waals surface area contributed by atoms with Gasteiger partial charge >= 0.3 is 6.18 Å². The summed E-state index contributed by atoms with van der Waals surface area (Å²) in [6, 6.07) is 10.3. The third kappa shape index (κ3) is 5.02. The molecule has 0 fully saturated rings. The van der Waals surface area contributed by atoms with E-state index in [0.717, 1.165) is 22.9 Å².